The van der Waals surface area contributed by atoms with Gasteiger partial charge in [0, 0.05) is 12.8 Å². The van der Waals surface area contributed by atoms with Crippen LogP contribution in [0.5, 0.6) is 0 Å². The van der Waals surface area contributed by atoms with Crippen molar-refractivity contribution < 1.29 is 4.79 Å². The summed E-state index contributed by atoms with van der Waals surface area (Å²) in [4.78, 5) is 11.0. The van der Waals surface area contributed by atoms with Crippen LogP contribution in [-0.2, 0) is 4.79 Å². The number of hydrogen-bond donors (Lipinski definition) is 0. The number of rotatable bonds is 9. The minimum Gasteiger partial charge on any atom is -0.300 e. The second-order valence-corrected chi connectivity index (χ2v) is 4.36. The number of hydrogen-bond acceptors (Lipinski definition) is 1. The summed E-state index contributed by atoms with van der Waals surface area (Å²) in [5, 5.41) is 0. The van der Waals surface area contributed by atoms with Crippen molar-refractivity contribution >= 4 is 5.78 Å². The number of Topliss-reactive ketones (excluding diaryl/α,β-unsaturated/α-hetero) is 1. The summed E-state index contributed by atoms with van der Waals surface area (Å²) < 4.78 is 0. The van der Waals surface area contributed by atoms with Gasteiger partial charge in [0.1, 0.15) is 5.78 Å². The molecule has 0 aliphatic rings. The SMILES string of the molecule is CCC(=O)CCCCCCC(C)CC. The summed E-state index contributed by atoms with van der Waals surface area (Å²) in [5.41, 5.74) is 0. The molecule has 0 N–H and O–H groups in total. The van der Waals surface area contributed by atoms with Gasteiger partial charge in [0.25, 0.3) is 0 Å². The molecule has 0 bridgehead atoms. The average molecular weight is 198 g/mol. The summed E-state index contributed by atoms with van der Waals surface area (Å²) in [5.74, 6) is 1.30. The standard InChI is InChI=1S/C13H26O/c1-4-12(3)10-8-6-7-9-11-13(14)5-2/h12H,4-11H2,1-3H3. The lowest BCUT2D eigenvalue weighted by molar-refractivity contribution is -0.118. The predicted molar refractivity (Wildman–Crippen MR) is 62.5 cm³/mol. The van der Waals surface area contributed by atoms with Gasteiger partial charge in [-0.1, -0.05) is 52.9 Å². The number of unbranched alkanes of at least 4 members (excludes halogenated alkanes) is 3. The Bertz CT molecular complexity index is 140. The van der Waals surface area contributed by atoms with E-state index < -0.39 is 0 Å². The van der Waals surface area contributed by atoms with E-state index in [2.05, 4.69) is 13.8 Å². The van der Waals surface area contributed by atoms with Crippen LogP contribution in [-0.4, -0.2) is 5.78 Å². The quantitative estimate of drug-likeness (QED) is 0.503. The highest BCUT2D eigenvalue weighted by Gasteiger charge is 2.00. The Morgan fingerprint density at radius 3 is 2.29 bits per heavy atom. The molecule has 0 aliphatic heterocycles. The van der Waals surface area contributed by atoms with Crippen molar-refractivity contribution in [2.45, 2.75) is 72.1 Å². The van der Waals surface area contributed by atoms with E-state index in [1.807, 2.05) is 6.92 Å². The predicted octanol–water partition coefficient (Wildman–Crippen LogP) is 4.35. The van der Waals surface area contributed by atoms with Gasteiger partial charge in [-0.15, -0.1) is 0 Å². The first-order valence-corrected chi connectivity index (χ1v) is 6.22. The molecule has 84 valence electrons. The van der Waals surface area contributed by atoms with Gasteiger partial charge in [-0.05, 0) is 12.3 Å². The minimum atomic E-state index is 0.423. The van der Waals surface area contributed by atoms with Crippen LogP contribution >= 0.6 is 0 Å². The van der Waals surface area contributed by atoms with Crippen LogP contribution in [0.3, 0.4) is 0 Å². The Kier molecular flexibility index (Phi) is 9.02. The van der Waals surface area contributed by atoms with Crippen molar-refractivity contribution in [1.82, 2.24) is 0 Å². The summed E-state index contributed by atoms with van der Waals surface area (Å²) in [7, 11) is 0. The molecule has 14 heavy (non-hydrogen) atoms. The minimum absolute atomic E-state index is 0.423. The number of carbonyl (C=O) groups excluding carboxylic acids is 1. The average Bonchev–Trinajstić information content (AvgIpc) is 2.22. The van der Waals surface area contributed by atoms with Crippen LogP contribution in [0.4, 0.5) is 0 Å². The highest BCUT2D eigenvalue weighted by molar-refractivity contribution is 5.77. The Balaban J connectivity index is 3.10. The Morgan fingerprint density at radius 1 is 1.07 bits per heavy atom. The Labute approximate surface area is 89.3 Å². The smallest absolute Gasteiger partial charge is 0.132 e. The van der Waals surface area contributed by atoms with Gasteiger partial charge in [0.2, 0.25) is 0 Å². The van der Waals surface area contributed by atoms with Crippen molar-refractivity contribution in [3.05, 3.63) is 0 Å². The Hall–Kier alpha value is -0.330. The Morgan fingerprint density at radius 2 is 1.71 bits per heavy atom. The summed E-state index contributed by atoms with van der Waals surface area (Å²) in [6.07, 6.45) is 9.17. The van der Waals surface area contributed by atoms with E-state index in [1.165, 1.54) is 32.1 Å². The van der Waals surface area contributed by atoms with Gasteiger partial charge in [-0.25, -0.2) is 0 Å². The van der Waals surface area contributed by atoms with E-state index in [-0.39, 0.29) is 0 Å². The lowest BCUT2D eigenvalue weighted by Crippen LogP contribution is -1.95. The maximum absolute atomic E-state index is 11.0. The molecule has 0 radical (unpaired) electrons. The first-order valence-electron chi connectivity index (χ1n) is 6.22. The number of carbonyl (C=O) groups is 1. The monoisotopic (exact) mass is 198 g/mol. The lowest BCUT2D eigenvalue weighted by Gasteiger charge is -2.07. The zero-order valence-corrected chi connectivity index (χ0v) is 10.1. The highest BCUT2D eigenvalue weighted by Crippen LogP contribution is 2.13. The molecule has 0 spiro atoms. The van der Waals surface area contributed by atoms with Crippen molar-refractivity contribution in [1.29, 1.82) is 0 Å². The van der Waals surface area contributed by atoms with Crippen LogP contribution in [0.25, 0.3) is 0 Å². The van der Waals surface area contributed by atoms with E-state index in [0.29, 0.717) is 12.2 Å². The fourth-order valence-electron chi connectivity index (χ4n) is 1.55. The van der Waals surface area contributed by atoms with Crippen LogP contribution in [0.15, 0.2) is 0 Å². The van der Waals surface area contributed by atoms with Crippen molar-refractivity contribution in [3.8, 4) is 0 Å². The number of ketones is 1. The largest absolute Gasteiger partial charge is 0.300 e. The molecule has 1 nitrogen and oxygen atoms in total. The molecule has 0 aliphatic carbocycles. The van der Waals surface area contributed by atoms with Crippen molar-refractivity contribution in [3.63, 3.8) is 0 Å². The molecule has 0 aromatic rings. The molecule has 0 heterocycles. The molecule has 1 atom stereocenters. The van der Waals surface area contributed by atoms with Crippen LogP contribution in [0.1, 0.15) is 72.1 Å². The molecule has 1 unspecified atom stereocenters. The van der Waals surface area contributed by atoms with Gasteiger partial charge in [0.15, 0.2) is 0 Å². The maximum Gasteiger partial charge on any atom is 0.132 e. The van der Waals surface area contributed by atoms with Gasteiger partial charge >= 0.3 is 0 Å². The van der Waals surface area contributed by atoms with E-state index in [0.717, 1.165) is 18.8 Å². The first-order chi connectivity index (χ1) is 6.70. The van der Waals surface area contributed by atoms with E-state index in [1.54, 1.807) is 0 Å². The third-order valence-corrected chi connectivity index (χ3v) is 2.99. The van der Waals surface area contributed by atoms with Gasteiger partial charge < -0.3 is 0 Å². The highest BCUT2D eigenvalue weighted by atomic mass is 16.1. The fourth-order valence-corrected chi connectivity index (χ4v) is 1.55. The van der Waals surface area contributed by atoms with Gasteiger partial charge in [-0.2, -0.15) is 0 Å². The fraction of sp³-hybridized carbons (Fsp3) is 0.923. The zero-order valence-electron chi connectivity index (χ0n) is 10.1. The topological polar surface area (TPSA) is 17.1 Å². The van der Waals surface area contributed by atoms with E-state index in [9.17, 15) is 4.79 Å². The van der Waals surface area contributed by atoms with Gasteiger partial charge in [0.05, 0.1) is 0 Å². The second-order valence-electron chi connectivity index (χ2n) is 4.36. The third kappa shape index (κ3) is 8.28. The molecule has 1 heteroatoms. The molecular formula is C13H26O. The van der Waals surface area contributed by atoms with Gasteiger partial charge in [-0.3, -0.25) is 4.79 Å². The maximum atomic E-state index is 11.0. The van der Waals surface area contributed by atoms with Crippen molar-refractivity contribution in [2.75, 3.05) is 0 Å². The summed E-state index contributed by atoms with van der Waals surface area (Å²) in [6.45, 7) is 6.52. The molecule has 0 aromatic heterocycles. The van der Waals surface area contributed by atoms with Crippen LogP contribution in [0.2, 0.25) is 0 Å². The molecule has 0 saturated heterocycles. The molecule has 0 aromatic carbocycles. The van der Waals surface area contributed by atoms with E-state index in [4.69, 9.17) is 0 Å². The molecule has 0 fully saturated rings. The third-order valence-electron chi connectivity index (χ3n) is 2.99. The zero-order chi connectivity index (χ0) is 10.8. The first kappa shape index (κ1) is 13.7. The summed E-state index contributed by atoms with van der Waals surface area (Å²) >= 11 is 0. The second kappa shape index (κ2) is 9.23. The van der Waals surface area contributed by atoms with Crippen LogP contribution in [0, 0.1) is 5.92 Å². The van der Waals surface area contributed by atoms with Crippen LogP contribution < -0.4 is 0 Å². The molecule has 0 rings (SSSR count). The normalized spacial score (nSPS) is 12.8. The van der Waals surface area contributed by atoms with E-state index >= 15 is 0 Å². The molecule has 0 amide bonds. The molecule has 0 saturated carbocycles. The molecular weight excluding hydrogens is 172 g/mol. The van der Waals surface area contributed by atoms with Crippen molar-refractivity contribution in [2.24, 2.45) is 5.92 Å². The lowest BCUT2D eigenvalue weighted by atomic mass is 10.00. The summed E-state index contributed by atoms with van der Waals surface area (Å²) in [6, 6.07) is 0.